The average molecular weight is 376 g/mol. The van der Waals surface area contributed by atoms with Crippen molar-refractivity contribution in [3.8, 4) is 0 Å². The van der Waals surface area contributed by atoms with Crippen LogP contribution in [0.15, 0.2) is 91.0 Å². The Labute approximate surface area is 161 Å². The van der Waals surface area contributed by atoms with Gasteiger partial charge in [-0.1, -0.05) is 97.9 Å². The molecule has 2 nitrogen and oxygen atoms in total. The van der Waals surface area contributed by atoms with E-state index in [9.17, 15) is 4.79 Å². The fourth-order valence-electron chi connectivity index (χ4n) is 3.39. The summed E-state index contributed by atoms with van der Waals surface area (Å²) in [5.41, 5.74) is 0.577. The van der Waals surface area contributed by atoms with Crippen molar-refractivity contribution in [2.24, 2.45) is 0 Å². The van der Waals surface area contributed by atoms with Gasteiger partial charge in [0.05, 0.1) is 6.61 Å². The lowest BCUT2D eigenvalue weighted by molar-refractivity contribution is -0.112. The molecule has 0 unspecified atom stereocenters. The predicted octanol–water partition coefficient (Wildman–Crippen LogP) is 4.13. The summed E-state index contributed by atoms with van der Waals surface area (Å²) in [6.45, 7) is 1.81. The van der Waals surface area contributed by atoms with Crippen LogP contribution in [-0.4, -0.2) is 17.9 Å². The maximum Gasteiger partial charge on any atom is 0.183 e. The molecule has 0 atom stereocenters. The Morgan fingerprint density at radius 3 is 1.41 bits per heavy atom. The van der Waals surface area contributed by atoms with Gasteiger partial charge in [-0.25, -0.2) is 0 Å². The molecule has 0 aliphatic rings. The summed E-state index contributed by atoms with van der Waals surface area (Å²) < 4.78 is 6.20. The molecular formula is C24H25O2P. The summed E-state index contributed by atoms with van der Waals surface area (Å²) in [6.07, 6.45) is 0.856. The molecule has 0 N–H and O–H groups in total. The maximum absolute atomic E-state index is 12.9. The predicted molar refractivity (Wildman–Crippen MR) is 117 cm³/mol. The van der Waals surface area contributed by atoms with E-state index in [0.717, 1.165) is 22.3 Å². The molecule has 0 fully saturated rings. The van der Waals surface area contributed by atoms with Crippen molar-refractivity contribution < 1.29 is 9.53 Å². The van der Waals surface area contributed by atoms with Crippen molar-refractivity contribution >= 4 is 34.1 Å². The van der Waals surface area contributed by atoms with Gasteiger partial charge in [0.25, 0.3) is 0 Å². The highest BCUT2D eigenvalue weighted by Gasteiger charge is 2.32. The lowest BCUT2D eigenvalue weighted by Crippen LogP contribution is -2.34. The largest absolute Gasteiger partial charge is 0.341 e. The summed E-state index contributed by atoms with van der Waals surface area (Å²) >= 11 is 0. The van der Waals surface area contributed by atoms with Gasteiger partial charge in [-0.2, -0.15) is 0 Å². The maximum atomic E-state index is 12.9. The van der Waals surface area contributed by atoms with Crippen LogP contribution in [-0.2, 0) is 9.53 Å². The van der Waals surface area contributed by atoms with E-state index in [0.29, 0.717) is 12.1 Å². The molecule has 138 valence electrons. The van der Waals surface area contributed by atoms with Gasteiger partial charge in [-0.3, -0.25) is 4.79 Å². The Hall–Kier alpha value is -2.41. The molecular weight excluding hydrogens is 351 g/mol. The number of carbonyl (C=O) groups excluding carboxylic acids is 1. The van der Waals surface area contributed by atoms with E-state index in [1.807, 2.05) is 54.6 Å². The Balaban J connectivity index is 2.52. The normalized spacial score (nSPS) is 11.2. The molecule has 3 heteroatoms. The molecule has 0 heterocycles. The number of benzene rings is 3. The van der Waals surface area contributed by atoms with Gasteiger partial charge in [0.1, 0.15) is 5.48 Å². The van der Waals surface area contributed by atoms with Crippen molar-refractivity contribution in [2.45, 2.75) is 20.3 Å². The van der Waals surface area contributed by atoms with Crippen LogP contribution >= 0.6 is 6.89 Å². The van der Waals surface area contributed by atoms with Crippen molar-refractivity contribution in [1.82, 2.24) is 0 Å². The monoisotopic (exact) mass is 376 g/mol. The summed E-state index contributed by atoms with van der Waals surface area (Å²) in [5.74, 6) is -0.00616. The Bertz CT molecular complexity index is 828. The fraction of sp³-hybridized carbons (Fsp3) is 0.167. The first-order valence-corrected chi connectivity index (χ1v) is 11.1. The van der Waals surface area contributed by atoms with E-state index in [1.54, 1.807) is 6.92 Å². The molecule has 0 radical (unpaired) electrons. The highest BCUT2D eigenvalue weighted by atomic mass is 31.2. The van der Waals surface area contributed by atoms with Crippen LogP contribution < -0.4 is 15.9 Å². The Morgan fingerprint density at radius 2 is 1.11 bits per heavy atom. The van der Waals surface area contributed by atoms with E-state index < -0.39 is 6.89 Å². The van der Waals surface area contributed by atoms with E-state index in [-0.39, 0.29) is 5.78 Å². The van der Waals surface area contributed by atoms with Crippen molar-refractivity contribution in [2.75, 3.05) is 6.61 Å². The summed E-state index contributed by atoms with van der Waals surface area (Å²) in [4.78, 5) is 12.9. The van der Waals surface area contributed by atoms with Gasteiger partial charge in [0.15, 0.2) is 5.78 Å². The molecule has 3 aromatic carbocycles. The van der Waals surface area contributed by atoms with E-state index >= 15 is 0 Å². The first kappa shape index (κ1) is 19.4. The van der Waals surface area contributed by atoms with Gasteiger partial charge in [-0.15, -0.1) is 0 Å². The van der Waals surface area contributed by atoms with Gasteiger partial charge in [0, 0.05) is 13.8 Å². The van der Waals surface area contributed by atoms with Crippen LogP contribution in [0.1, 0.15) is 20.3 Å². The fourth-order valence-corrected chi connectivity index (χ4v) is 7.60. The average Bonchev–Trinajstić information content (AvgIpc) is 2.73. The molecule has 0 saturated carbocycles. The van der Waals surface area contributed by atoms with Crippen LogP contribution in [0.5, 0.6) is 0 Å². The highest BCUT2D eigenvalue weighted by Crippen LogP contribution is 2.46. The summed E-state index contributed by atoms with van der Waals surface area (Å²) in [7, 11) is 0. The number of hydrogen-bond donors (Lipinski definition) is 0. The van der Waals surface area contributed by atoms with Crippen LogP contribution in [0, 0.1) is 0 Å². The third kappa shape index (κ3) is 3.83. The minimum absolute atomic E-state index is 0.00616. The molecule has 0 amide bonds. The lowest BCUT2D eigenvalue weighted by Gasteiger charge is -2.31. The molecule has 0 aromatic heterocycles. The lowest BCUT2D eigenvalue weighted by atomic mass is 10.4. The number of Topliss-reactive ketones (excluding diaryl/α,β-unsaturated/α-hetero) is 1. The smallest absolute Gasteiger partial charge is 0.183 e. The molecule has 27 heavy (non-hydrogen) atoms. The zero-order valence-electron chi connectivity index (χ0n) is 15.8. The Kier molecular flexibility index (Phi) is 6.45. The second-order valence-electron chi connectivity index (χ2n) is 6.39. The topological polar surface area (TPSA) is 26.3 Å². The van der Waals surface area contributed by atoms with E-state index in [1.165, 1.54) is 0 Å². The molecule has 3 rings (SSSR count). The number of carbonyl (C=O) groups is 1. The van der Waals surface area contributed by atoms with Crippen LogP contribution in [0.25, 0.3) is 0 Å². The van der Waals surface area contributed by atoms with E-state index in [4.69, 9.17) is 4.74 Å². The summed E-state index contributed by atoms with van der Waals surface area (Å²) in [5, 5.41) is 3.39. The van der Waals surface area contributed by atoms with Gasteiger partial charge in [-0.05, 0) is 22.3 Å². The first-order valence-electron chi connectivity index (χ1n) is 9.28. The van der Waals surface area contributed by atoms with Crippen LogP contribution in [0.4, 0.5) is 0 Å². The standard InChI is InChI=1S/C24H25O2P/c1-3-19-26-24(20(2)25)27(21-13-7-4-8-14-21,22-15-9-5-10-16-22)23-17-11-6-12-18-23/h4-18H,3,19H2,1-2H3. The molecule has 0 saturated heterocycles. The molecule has 0 bridgehead atoms. The van der Waals surface area contributed by atoms with Crippen molar-refractivity contribution in [1.29, 1.82) is 0 Å². The minimum atomic E-state index is -2.40. The number of rotatable bonds is 7. The Morgan fingerprint density at radius 1 is 0.741 bits per heavy atom. The first-order chi connectivity index (χ1) is 13.2. The van der Waals surface area contributed by atoms with Gasteiger partial charge in [0.2, 0.25) is 0 Å². The zero-order valence-corrected chi connectivity index (χ0v) is 16.7. The van der Waals surface area contributed by atoms with Crippen LogP contribution in [0.3, 0.4) is 0 Å². The van der Waals surface area contributed by atoms with E-state index in [2.05, 4.69) is 43.3 Å². The third-order valence-electron chi connectivity index (χ3n) is 4.48. The van der Waals surface area contributed by atoms with Crippen molar-refractivity contribution in [3.05, 3.63) is 91.0 Å². The highest BCUT2D eigenvalue weighted by molar-refractivity contribution is 7.96. The quantitative estimate of drug-likeness (QED) is 0.580. The second-order valence-corrected chi connectivity index (χ2v) is 9.68. The van der Waals surface area contributed by atoms with Gasteiger partial charge >= 0.3 is 0 Å². The van der Waals surface area contributed by atoms with Crippen molar-refractivity contribution in [3.63, 3.8) is 0 Å². The zero-order chi connectivity index (χ0) is 19.1. The molecule has 0 aliphatic carbocycles. The summed E-state index contributed by atoms with van der Waals surface area (Å²) in [6, 6.07) is 30.9. The number of hydrogen-bond acceptors (Lipinski definition) is 2. The number of ketones is 1. The molecule has 3 aromatic rings. The second kappa shape index (κ2) is 8.99. The minimum Gasteiger partial charge on any atom is -0.341 e. The van der Waals surface area contributed by atoms with Gasteiger partial charge < -0.3 is 4.74 Å². The molecule has 0 spiro atoms. The van der Waals surface area contributed by atoms with Crippen LogP contribution in [0.2, 0.25) is 0 Å². The third-order valence-corrected chi connectivity index (χ3v) is 8.75. The SMILES string of the molecule is CCCOC(C(C)=O)=P(c1ccccc1)(c1ccccc1)c1ccccc1. The molecule has 0 aliphatic heterocycles. The number of ether oxygens (including phenoxy) is 1.